The molecule has 1 amide bonds. The van der Waals surface area contributed by atoms with Crippen molar-refractivity contribution in [2.75, 3.05) is 5.32 Å². The summed E-state index contributed by atoms with van der Waals surface area (Å²) in [7, 11) is 0. The summed E-state index contributed by atoms with van der Waals surface area (Å²) in [6.07, 6.45) is 0.875. The molecular formula is C14H18N4O3. The Morgan fingerprint density at radius 1 is 1.19 bits per heavy atom. The number of amides is 1. The molecule has 0 atom stereocenters. The Kier molecular flexibility index (Phi) is 3.95. The predicted molar refractivity (Wildman–Crippen MR) is 81.3 cm³/mol. The zero-order chi connectivity index (χ0) is 15.6. The fourth-order valence-electron chi connectivity index (χ4n) is 1.85. The van der Waals surface area contributed by atoms with Gasteiger partial charge in [-0.05, 0) is 38.5 Å². The lowest BCUT2D eigenvalue weighted by Gasteiger charge is -2.17. The van der Waals surface area contributed by atoms with Gasteiger partial charge in [0, 0.05) is 17.6 Å². The van der Waals surface area contributed by atoms with Crippen molar-refractivity contribution in [3.63, 3.8) is 0 Å². The molecule has 2 rings (SSSR count). The molecule has 0 spiro atoms. The van der Waals surface area contributed by atoms with E-state index in [0.29, 0.717) is 29.6 Å². The van der Waals surface area contributed by atoms with Crippen molar-refractivity contribution in [3.8, 4) is 0 Å². The van der Waals surface area contributed by atoms with Gasteiger partial charge in [-0.25, -0.2) is 0 Å². The van der Waals surface area contributed by atoms with Crippen LogP contribution in [-0.4, -0.2) is 21.4 Å². The highest BCUT2D eigenvalue weighted by molar-refractivity contribution is 5.92. The minimum atomic E-state index is -0.726. The number of aromatic nitrogens is 2. The summed E-state index contributed by atoms with van der Waals surface area (Å²) in [5, 5.41) is 2.73. The molecule has 7 heteroatoms. The Hall–Kier alpha value is -2.41. The van der Waals surface area contributed by atoms with Gasteiger partial charge >= 0.3 is 11.1 Å². The largest absolute Gasteiger partial charge is 0.326 e. The van der Waals surface area contributed by atoms with Gasteiger partial charge in [0.05, 0.1) is 11.0 Å². The van der Waals surface area contributed by atoms with E-state index in [2.05, 4.69) is 15.3 Å². The van der Waals surface area contributed by atoms with Gasteiger partial charge in [-0.1, -0.05) is 0 Å². The number of anilines is 1. The molecule has 2 aromatic rings. The highest BCUT2D eigenvalue weighted by atomic mass is 16.2. The van der Waals surface area contributed by atoms with E-state index in [1.807, 2.05) is 13.8 Å². The van der Waals surface area contributed by atoms with E-state index in [4.69, 9.17) is 5.73 Å². The highest BCUT2D eigenvalue weighted by Gasteiger charge is 2.13. The van der Waals surface area contributed by atoms with Crippen molar-refractivity contribution in [1.82, 2.24) is 9.97 Å². The number of aromatic amines is 2. The van der Waals surface area contributed by atoms with E-state index < -0.39 is 16.7 Å². The molecule has 0 aliphatic rings. The number of carbonyl (C=O) groups is 1. The van der Waals surface area contributed by atoms with Crippen LogP contribution in [0.15, 0.2) is 27.8 Å². The first-order chi connectivity index (χ1) is 9.74. The predicted octanol–water partition coefficient (Wildman–Crippen LogP) is 0.672. The van der Waals surface area contributed by atoms with Gasteiger partial charge in [-0.2, -0.15) is 0 Å². The van der Waals surface area contributed by atoms with Gasteiger partial charge in [-0.3, -0.25) is 14.4 Å². The molecule has 0 fully saturated rings. The molecule has 0 saturated carbocycles. The van der Waals surface area contributed by atoms with E-state index in [-0.39, 0.29) is 5.91 Å². The van der Waals surface area contributed by atoms with Crippen LogP contribution in [0.3, 0.4) is 0 Å². The molecule has 1 aromatic heterocycles. The average molecular weight is 290 g/mol. The lowest BCUT2D eigenvalue weighted by molar-refractivity contribution is -0.116. The Bertz CT molecular complexity index is 783. The van der Waals surface area contributed by atoms with Crippen molar-refractivity contribution in [1.29, 1.82) is 0 Å². The number of nitrogens with two attached hydrogens (primary N) is 1. The second kappa shape index (κ2) is 5.53. The lowest BCUT2D eigenvalue weighted by atomic mass is 10.00. The van der Waals surface area contributed by atoms with Crippen LogP contribution in [0.25, 0.3) is 11.0 Å². The normalized spacial score (nSPS) is 11.6. The maximum Gasteiger partial charge on any atom is 0.314 e. The molecule has 1 aromatic carbocycles. The molecule has 0 unspecified atom stereocenters. The summed E-state index contributed by atoms with van der Waals surface area (Å²) in [4.78, 5) is 39.2. The molecule has 0 radical (unpaired) electrons. The first-order valence-corrected chi connectivity index (χ1v) is 6.60. The van der Waals surface area contributed by atoms with Crippen LogP contribution in [-0.2, 0) is 4.79 Å². The van der Waals surface area contributed by atoms with Crippen LogP contribution in [0.2, 0.25) is 0 Å². The molecule has 0 aliphatic heterocycles. The average Bonchev–Trinajstić information content (AvgIpc) is 2.37. The first kappa shape index (κ1) is 15.0. The summed E-state index contributed by atoms with van der Waals surface area (Å²) in [6, 6.07) is 4.87. The molecule has 112 valence electrons. The number of hydrogen-bond donors (Lipinski definition) is 4. The van der Waals surface area contributed by atoms with Crippen LogP contribution in [0.5, 0.6) is 0 Å². The van der Waals surface area contributed by atoms with E-state index in [0.717, 1.165) is 0 Å². The fraction of sp³-hybridized carbons (Fsp3) is 0.357. The third-order valence-corrected chi connectivity index (χ3v) is 3.00. The van der Waals surface area contributed by atoms with Crippen LogP contribution < -0.4 is 22.2 Å². The third-order valence-electron chi connectivity index (χ3n) is 3.00. The van der Waals surface area contributed by atoms with E-state index >= 15 is 0 Å². The van der Waals surface area contributed by atoms with Crippen LogP contribution >= 0.6 is 0 Å². The van der Waals surface area contributed by atoms with Crippen molar-refractivity contribution in [3.05, 3.63) is 38.9 Å². The number of H-pyrrole nitrogens is 2. The molecule has 0 aliphatic carbocycles. The number of hydrogen-bond acceptors (Lipinski definition) is 4. The summed E-state index contributed by atoms with van der Waals surface area (Å²) >= 11 is 0. The van der Waals surface area contributed by atoms with Crippen molar-refractivity contribution >= 4 is 22.6 Å². The van der Waals surface area contributed by atoms with Gasteiger partial charge in [0.1, 0.15) is 0 Å². The molecule has 5 N–H and O–H groups in total. The van der Waals surface area contributed by atoms with E-state index in [9.17, 15) is 14.4 Å². The second-order valence-corrected chi connectivity index (χ2v) is 5.71. The highest BCUT2D eigenvalue weighted by Crippen LogP contribution is 2.15. The van der Waals surface area contributed by atoms with Gasteiger partial charge in [0.25, 0.3) is 0 Å². The zero-order valence-corrected chi connectivity index (χ0v) is 11.9. The zero-order valence-electron chi connectivity index (χ0n) is 11.9. The minimum Gasteiger partial charge on any atom is -0.326 e. The summed E-state index contributed by atoms with van der Waals surface area (Å²) in [5.41, 5.74) is 5.50. The lowest BCUT2D eigenvalue weighted by Crippen LogP contribution is -2.33. The topological polar surface area (TPSA) is 121 Å². The third kappa shape index (κ3) is 4.03. The van der Waals surface area contributed by atoms with Crippen LogP contribution in [0.1, 0.15) is 26.7 Å². The number of fused-ring (bicyclic) bond motifs is 1. The second-order valence-electron chi connectivity index (χ2n) is 5.71. The number of rotatable bonds is 4. The molecule has 21 heavy (non-hydrogen) atoms. The number of nitrogens with one attached hydrogen (secondary N) is 3. The summed E-state index contributed by atoms with van der Waals surface area (Å²) in [6.45, 7) is 3.72. The Labute approximate surface area is 120 Å². The summed E-state index contributed by atoms with van der Waals surface area (Å²) in [5.74, 6) is -0.153. The van der Waals surface area contributed by atoms with Gasteiger partial charge in [-0.15, -0.1) is 0 Å². The maximum absolute atomic E-state index is 11.8. The van der Waals surface area contributed by atoms with Gasteiger partial charge in [0.2, 0.25) is 5.91 Å². The van der Waals surface area contributed by atoms with E-state index in [1.54, 1.807) is 18.2 Å². The van der Waals surface area contributed by atoms with Crippen LogP contribution in [0, 0.1) is 0 Å². The Morgan fingerprint density at radius 3 is 2.43 bits per heavy atom. The number of benzene rings is 1. The first-order valence-electron chi connectivity index (χ1n) is 6.60. The molecule has 1 heterocycles. The fourth-order valence-corrected chi connectivity index (χ4v) is 1.85. The van der Waals surface area contributed by atoms with E-state index in [1.165, 1.54) is 0 Å². The SMILES string of the molecule is CC(C)(N)CCC(=O)Nc1ccc2[nH]c(=O)c(=O)[nH]c2c1. The quantitative estimate of drug-likeness (QED) is 0.618. The Balaban J connectivity index is 2.16. The standard InChI is InChI=1S/C14H18N4O3/c1-14(2,15)6-5-11(19)16-8-3-4-9-10(7-8)18-13(21)12(20)17-9/h3-4,7H,5-6,15H2,1-2H3,(H,16,19)(H,17,20)(H,18,21). The monoisotopic (exact) mass is 290 g/mol. The minimum absolute atomic E-state index is 0.153. The van der Waals surface area contributed by atoms with Gasteiger partial charge < -0.3 is 21.0 Å². The van der Waals surface area contributed by atoms with Crippen molar-refractivity contribution in [2.24, 2.45) is 5.73 Å². The van der Waals surface area contributed by atoms with Crippen molar-refractivity contribution in [2.45, 2.75) is 32.2 Å². The summed E-state index contributed by atoms with van der Waals surface area (Å²) < 4.78 is 0. The van der Waals surface area contributed by atoms with Gasteiger partial charge in [0.15, 0.2) is 0 Å². The maximum atomic E-state index is 11.8. The Morgan fingerprint density at radius 2 is 1.81 bits per heavy atom. The number of carbonyl (C=O) groups excluding carboxylic acids is 1. The van der Waals surface area contributed by atoms with Crippen molar-refractivity contribution < 1.29 is 4.79 Å². The molecule has 7 nitrogen and oxygen atoms in total. The molecular weight excluding hydrogens is 272 g/mol. The molecule has 0 saturated heterocycles. The van der Waals surface area contributed by atoms with Crippen LogP contribution in [0.4, 0.5) is 5.69 Å². The molecule has 0 bridgehead atoms. The smallest absolute Gasteiger partial charge is 0.314 e.